The lowest BCUT2D eigenvalue weighted by atomic mass is 9.79. The van der Waals surface area contributed by atoms with Crippen LogP contribution in [0.15, 0.2) is 30.5 Å². The standard InChI is InChI=1S/C29H41BN4O5/c1-17(2)24(33-27(36)37-7)26(35)34-22-10-8-9-19(22)15-23(34)25-31-16-21(32-25)18-11-13-20(14-12-18)30-38-28(3,4)29(5,6)39-30/h11-14,16-17,19,22-24H,8-10,15H2,1-7H3,(H,31,32)(H,33,36)/t19-,22-,23-,24+/m1/s1. The molecule has 2 N–H and O–H groups in total. The molecule has 1 aliphatic carbocycles. The highest BCUT2D eigenvalue weighted by atomic mass is 16.7. The fraction of sp³-hybridized carbons (Fsp3) is 0.621. The van der Waals surface area contributed by atoms with Gasteiger partial charge in [0.15, 0.2) is 0 Å². The number of hydrogen-bond acceptors (Lipinski definition) is 6. The number of methoxy groups -OCH3 is 1. The molecule has 3 fully saturated rings. The maximum atomic E-state index is 13.9. The van der Waals surface area contributed by atoms with Gasteiger partial charge in [0.1, 0.15) is 11.9 Å². The lowest BCUT2D eigenvalue weighted by molar-refractivity contribution is -0.137. The van der Waals surface area contributed by atoms with Crippen LogP contribution in [0.4, 0.5) is 4.79 Å². The zero-order chi connectivity index (χ0) is 28.1. The van der Waals surface area contributed by atoms with E-state index in [0.29, 0.717) is 5.92 Å². The second kappa shape index (κ2) is 10.3. The van der Waals surface area contributed by atoms with Gasteiger partial charge in [-0.05, 0) is 69.8 Å². The first kappa shape index (κ1) is 27.7. The van der Waals surface area contributed by atoms with Crippen molar-refractivity contribution in [1.29, 1.82) is 0 Å². The van der Waals surface area contributed by atoms with Crippen molar-refractivity contribution in [2.45, 2.75) is 96.6 Å². The normalized spacial score (nSPS) is 26.1. The quantitative estimate of drug-likeness (QED) is 0.537. The predicted octanol–water partition coefficient (Wildman–Crippen LogP) is 4.20. The highest BCUT2D eigenvalue weighted by molar-refractivity contribution is 6.62. The van der Waals surface area contributed by atoms with E-state index in [1.165, 1.54) is 7.11 Å². The third-order valence-electron chi connectivity index (χ3n) is 9.14. The number of aromatic nitrogens is 2. The molecule has 2 amide bonds. The molecule has 2 saturated heterocycles. The highest BCUT2D eigenvalue weighted by Crippen LogP contribution is 2.47. The third-order valence-corrected chi connectivity index (χ3v) is 9.14. The molecule has 39 heavy (non-hydrogen) atoms. The first-order valence-electron chi connectivity index (χ1n) is 14.1. The van der Waals surface area contributed by atoms with Crippen LogP contribution < -0.4 is 10.8 Å². The number of nitrogens with one attached hydrogen (secondary N) is 2. The maximum absolute atomic E-state index is 13.9. The maximum Gasteiger partial charge on any atom is 0.494 e. The molecule has 2 aromatic rings. The van der Waals surface area contributed by atoms with E-state index in [2.05, 4.69) is 10.3 Å². The van der Waals surface area contributed by atoms with Crippen LogP contribution in [0.1, 0.15) is 79.1 Å². The fourth-order valence-electron chi connectivity index (χ4n) is 6.16. The summed E-state index contributed by atoms with van der Waals surface area (Å²) in [5.41, 5.74) is 2.08. The third kappa shape index (κ3) is 5.09. The highest BCUT2D eigenvalue weighted by Gasteiger charge is 2.52. The molecule has 0 radical (unpaired) electrons. The fourth-order valence-corrected chi connectivity index (χ4v) is 6.16. The van der Waals surface area contributed by atoms with E-state index < -0.39 is 30.5 Å². The van der Waals surface area contributed by atoms with Crippen LogP contribution in [-0.4, -0.2) is 64.4 Å². The molecule has 10 heteroatoms. The van der Waals surface area contributed by atoms with Crippen molar-refractivity contribution in [3.63, 3.8) is 0 Å². The Morgan fingerprint density at radius 1 is 1.13 bits per heavy atom. The van der Waals surface area contributed by atoms with Crippen molar-refractivity contribution in [3.8, 4) is 11.3 Å². The van der Waals surface area contributed by atoms with Crippen molar-refractivity contribution >= 4 is 24.6 Å². The van der Waals surface area contributed by atoms with Gasteiger partial charge < -0.3 is 29.2 Å². The Kier molecular flexibility index (Phi) is 7.31. The number of alkyl carbamates (subject to hydrolysis) is 1. The molecule has 2 aliphatic heterocycles. The van der Waals surface area contributed by atoms with Crippen LogP contribution in [-0.2, 0) is 18.8 Å². The molecular formula is C29H41BN4O5. The minimum Gasteiger partial charge on any atom is -0.453 e. The van der Waals surface area contributed by atoms with Crippen LogP contribution in [0.5, 0.6) is 0 Å². The number of ether oxygens (including phenoxy) is 1. The Labute approximate surface area is 231 Å². The summed E-state index contributed by atoms with van der Waals surface area (Å²) in [6.45, 7) is 12.1. The lowest BCUT2D eigenvalue weighted by Crippen LogP contribution is -2.53. The molecule has 210 valence electrons. The molecule has 1 aromatic carbocycles. The number of likely N-dealkylation sites (tertiary alicyclic amines) is 1. The van der Waals surface area contributed by atoms with Gasteiger partial charge >= 0.3 is 13.2 Å². The van der Waals surface area contributed by atoms with Crippen LogP contribution >= 0.6 is 0 Å². The molecule has 1 saturated carbocycles. The number of carbonyl (C=O) groups is 2. The first-order valence-corrected chi connectivity index (χ1v) is 14.1. The zero-order valence-corrected chi connectivity index (χ0v) is 24.1. The molecule has 5 rings (SSSR count). The van der Waals surface area contributed by atoms with Gasteiger partial charge in [0.25, 0.3) is 0 Å². The van der Waals surface area contributed by atoms with Gasteiger partial charge in [-0.15, -0.1) is 0 Å². The van der Waals surface area contributed by atoms with Gasteiger partial charge in [0.2, 0.25) is 5.91 Å². The van der Waals surface area contributed by atoms with E-state index in [1.807, 2.05) is 76.9 Å². The number of imidazole rings is 1. The summed E-state index contributed by atoms with van der Waals surface area (Å²) in [6.07, 6.45) is 5.31. The summed E-state index contributed by atoms with van der Waals surface area (Å²) in [5.74, 6) is 1.08. The molecule has 3 heterocycles. The summed E-state index contributed by atoms with van der Waals surface area (Å²) >= 11 is 0. The smallest absolute Gasteiger partial charge is 0.453 e. The summed E-state index contributed by atoms with van der Waals surface area (Å²) in [5, 5.41) is 2.76. The van der Waals surface area contributed by atoms with Gasteiger partial charge in [0.05, 0.1) is 36.2 Å². The van der Waals surface area contributed by atoms with Crippen molar-refractivity contribution in [2.75, 3.05) is 7.11 Å². The number of aromatic amines is 1. The van der Waals surface area contributed by atoms with E-state index in [4.69, 9.17) is 19.0 Å². The molecule has 9 nitrogen and oxygen atoms in total. The van der Waals surface area contributed by atoms with E-state index in [1.54, 1.807) is 0 Å². The second-order valence-corrected chi connectivity index (χ2v) is 12.5. The minimum atomic E-state index is -0.656. The number of nitrogens with zero attached hydrogens (tertiary/aromatic N) is 2. The molecule has 0 unspecified atom stereocenters. The summed E-state index contributed by atoms with van der Waals surface area (Å²) in [4.78, 5) is 36.1. The number of H-pyrrole nitrogens is 1. The van der Waals surface area contributed by atoms with Gasteiger partial charge in [-0.25, -0.2) is 9.78 Å². The number of carbonyl (C=O) groups excluding carboxylic acids is 2. The van der Waals surface area contributed by atoms with Crippen LogP contribution in [0.25, 0.3) is 11.3 Å². The van der Waals surface area contributed by atoms with Crippen molar-refractivity contribution < 1.29 is 23.6 Å². The number of benzene rings is 1. The zero-order valence-electron chi connectivity index (χ0n) is 24.1. The number of fused-ring (bicyclic) bond motifs is 1. The first-order chi connectivity index (χ1) is 18.4. The molecule has 1 aromatic heterocycles. The number of hydrogen-bond donors (Lipinski definition) is 2. The largest absolute Gasteiger partial charge is 0.494 e. The van der Waals surface area contributed by atoms with E-state index >= 15 is 0 Å². The molecule has 4 atom stereocenters. The Bertz CT molecular complexity index is 1190. The topological polar surface area (TPSA) is 106 Å². The van der Waals surface area contributed by atoms with Crippen LogP contribution in [0.2, 0.25) is 0 Å². The molecular weight excluding hydrogens is 495 g/mol. The van der Waals surface area contributed by atoms with Crippen molar-refractivity contribution in [2.24, 2.45) is 11.8 Å². The average Bonchev–Trinajstić information content (AvgIpc) is 3.64. The lowest BCUT2D eigenvalue weighted by Gasteiger charge is -2.33. The molecule has 0 spiro atoms. The second-order valence-electron chi connectivity index (χ2n) is 12.5. The van der Waals surface area contributed by atoms with E-state index in [9.17, 15) is 9.59 Å². The van der Waals surface area contributed by atoms with Crippen LogP contribution in [0, 0.1) is 11.8 Å². The summed E-state index contributed by atoms with van der Waals surface area (Å²) in [6, 6.07) is 7.48. The SMILES string of the molecule is COC(=O)N[C@H](C(=O)N1[C@@H](c2ncc(-c3ccc(B4OC(C)(C)C(C)(C)O4)cc3)[nH]2)C[C@H]2CCC[C@H]21)C(C)C. The Hall–Kier alpha value is -2.85. The molecule has 0 bridgehead atoms. The molecule has 3 aliphatic rings. The van der Waals surface area contributed by atoms with Crippen molar-refractivity contribution in [1.82, 2.24) is 20.2 Å². The van der Waals surface area contributed by atoms with E-state index in [-0.39, 0.29) is 23.9 Å². The predicted molar refractivity (Wildman–Crippen MR) is 149 cm³/mol. The van der Waals surface area contributed by atoms with E-state index in [0.717, 1.165) is 48.2 Å². The summed E-state index contributed by atoms with van der Waals surface area (Å²) < 4.78 is 17.2. The van der Waals surface area contributed by atoms with Gasteiger partial charge in [0, 0.05) is 6.04 Å². The van der Waals surface area contributed by atoms with Gasteiger partial charge in [-0.3, -0.25) is 4.79 Å². The Morgan fingerprint density at radius 2 is 1.79 bits per heavy atom. The Morgan fingerprint density at radius 3 is 2.41 bits per heavy atom. The Balaban J connectivity index is 1.36. The minimum absolute atomic E-state index is 0.0699. The van der Waals surface area contributed by atoms with Crippen LogP contribution in [0.3, 0.4) is 0 Å². The average molecular weight is 536 g/mol. The monoisotopic (exact) mass is 536 g/mol. The number of amides is 2. The van der Waals surface area contributed by atoms with Crippen molar-refractivity contribution in [3.05, 3.63) is 36.3 Å². The van der Waals surface area contributed by atoms with Gasteiger partial charge in [-0.2, -0.15) is 0 Å². The summed E-state index contributed by atoms with van der Waals surface area (Å²) in [7, 11) is 0.904. The number of rotatable bonds is 6. The van der Waals surface area contributed by atoms with Gasteiger partial charge in [-0.1, -0.05) is 44.5 Å².